The van der Waals surface area contributed by atoms with Gasteiger partial charge < -0.3 is 10.2 Å². The third-order valence-electron chi connectivity index (χ3n) is 6.75. The van der Waals surface area contributed by atoms with Crippen molar-refractivity contribution in [2.24, 2.45) is 11.8 Å². The largest absolute Gasteiger partial charge is 0.353 e. The standard InChI is InChI=1S/C20H34N2O4S/c1-22(18-12-13-27(25,26)14-18)20(24)16-10-8-15(9-11-16)19(23)21-17-6-4-2-3-5-7-17/h15-18H,2-14H2,1H3,(H,21,23). The molecule has 3 aliphatic rings. The number of nitrogens with one attached hydrogen (secondary N) is 1. The summed E-state index contributed by atoms with van der Waals surface area (Å²) in [4.78, 5) is 27.0. The van der Waals surface area contributed by atoms with Crippen molar-refractivity contribution in [1.29, 1.82) is 0 Å². The first-order valence-corrected chi connectivity index (χ1v) is 12.5. The molecule has 3 fully saturated rings. The Morgan fingerprint density at radius 3 is 2.00 bits per heavy atom. The highest BCUT2D eigenvalue weighted by atomic mass is 32.2. The average molecular weight is 399 g/mol. The zero-order chi connectivity index (χ0) is 19.4. The number of sulfone groups is 1. The van der Waals surface area contributed by atoms with Crippen LogP contribution in [0.15, 0.2) is 0 Å². The summed E-state index contributed by atoms with van der Waals surface area (Å²) in [5.41, 5.74) is 0. The summed E-state index contributed by atoms with van der Waals surface area (Å²) < 4.78 is 23.3. The predicted octanol–water partition coefficient (Wildman–Crippen LogP) is 2.28. The number of carbonyl (C=O) groups excluding carboxylic acids is 2. The Bertz CT molecular complexity index is 632. The molecule has 0 aromatic rings. The van der Waals surface area contributed by atoms with Crippen LogP contribution in [-0.2, 0) is 19.4 Å². The van der Waals surface area contributed by atoms with E-state index in [1.54, 1.807) is 11.9 Å². The van der Waals surface area contributed by atoms with Crippen LogP contribution < -0.4 is 5.32 Å². The van der Waals surface area contributed by atoms with E-state index < -0.39 is 9.84 Å². The van der Waals surface area contributed by atoms with Crippen LogP contribution in [0.5, 0.6) is 0 Å². The predicted molar refractivity (Wildman–Crippen MR) is 105 cm³/mol. The van der Waals surface area contributed by atoms with Crippen LogP contribution in [0.25, 0.3) is 0 Å². The molecule has 0 radical (unpaired) electrons. The van der Waals surface area contributed by atoms with Gasteiger partial charge in [-0.15, -0.1) is 0 Å². The minimum absolute atomic E-state index is 0.0227. The van der Waals surface area contributed by atoms with Crippen LogP contribution in [0.3, 0.4) is 0 Å². The maximum Gasteiger partial charge on any atom is 0.225 e. The van der Waals surface area contributed by atoms with Crippen LogP contribution in [0, 0.1) is 11.8 Å². The Morgan fingerprint density at radius 2 is 1.44 bits per heavy atom. The summed E-state index contributed by atoms with van der Waals surface area (Å²) in [6.07, 6.45) is 10.6. The third-order valence-corrected chi connectivity index (χ3v) is 8.50. The summed E-state index contributed by atoms with van der Waals surface area (Å²) in [6, 6.07) is 0.147. The van der Waals surface area contributed by atoms with Crippen molar-refractivity contribution in [3.05, 3.63) is 0 Å². The molecule has 1 aliphatic heterocycles. The molecule has 2 saturated carbocycles. The summed E-state index contributed by atoms with van der Waals surface area (Å²) in [6.45, 7) is 0. The first-order valence-electron chi connectivity index (χ1n) is 10.6. The van der Waals surface area contributed by atoms with Crippen molar-refractivity contribution >= 4 is 21.7 Å². The molecule has 1 N–H and O–H groups in total. The van der Waals surface area contributed by atoms with Gasteiger partial charge >= 0.3 is 0 Å². The monoisotopic (exact) mass is 398 g/mol. The molecule has 1 heterocycles. The van der Waals surface area contributed by atoms with E-state index in [9.17, 15) is 18.0 Å². The van der Waals surface area contributed by atoms with Crippen LogP contribution in [0.1, 0.15) is 70.6 Å². The van der Waals surface area contributed by atoms with Crippen molar-refractivity contribution in [3.63, 3.8) is 0 Å². The highest BCUT2D eigenvalue weighted by Crippen LogP contribution is 2.31. The Kier molecular flexibility index (Phi) is 6.82. The lowest BCUT2D eigenvalue weighted by molar-refractivity contribution is -0.138. The molecule has 1 atom stereocenters. The molecule has 2 aliphatic carbocycles. The molecule has 0 spiro atoms. The second kappa shape index (κ2) is 8.93. The van der Waals surface area contributed by atoms with Gasteiger partial charge in [0.15, 0.2) is 9.84 Å². The first kappa shape index (κ1) is 20.6. The third kappa shape index (κ3) is 5.46. The molecule has 27 heavy (non-hydrogen) atoms. The number of rotatable bonds is 4. The van der Waals surface area contributed by atoms with Crippen LogP contribution in [0.2, 0.25) is 0 Å². The number of hydrogen-bond donors (Lipinski definition) is 1. The van der Waals surface area contributed by atoms with Gasteiger partial charge in [-0.2, -0.15) is 0 Å². The molecule has 3 rings (SSSR count). The van der Waals surface area contributed by atoms with Gasteiger partial charge in [0.25, 0.3) is 0 Å². The maximum atomic E-state index is 12.8. The van der Waals surface area contributed by atoms with Gasteiger partial charge in [0.1, 0.15) is 0 Å². The van der Waals surface area contributed by atoms with Crippen LogP contribution in [-0.4, -0.2) is 55.8 Å². The number of carbonyl (C=O) groups is 2. The highest BCUT2D eigenvalue weighted by Gasteiger charge is 2.37. The first-order chi connectivity index (χ1) is 12.9. The minimum Gasteiger partial charge on any atom is -0.353 e. The Labute approximate surface area is 163 Å². The van der Waals surface area contributed by atoms with Crippen molar-refractivity contribution in [3.8, 4) is 0 Å². The van der Waals surface area contributed by atoms with Gasteiger partial charge in [-0.05, 0) is 44.9 Å². The fourth-order valence-electron chi connectivity index (χ4n) is 4.89. The smallest absolute Gasteiger partial charge is 0.225 e. The summed E-state index contributed by atoms with van der Waals surface area (Å²) in [5.74, 6) is 0.454. The van der Waals surface area contributed by atoms with Gasteiger partial charge in [-0.3, -0.25) is 9.59 Å². The van der Waals surface area contributed by atoms with E-state index in [1.165, 1.54) is 25.7 Å². The molecule has 1 saturated heterocycles. The fourth-order valence-corrected chi connectivity index (χ4v) is 6.67. The van der Waals surface area contributed by atoms with E-state index in [2.05, 4.69) is 5.32 Å². The summed E-state index contributed by atoms with van der Waals surface area (Å²) in [5, 5.41) is 3.25. The number of amides is 2. The average Bonchev–Trinajstić information content (AvgIpc) is 2.84. The van der Waals surface area contributed by atoms with Crippen molar-refractivity contribution in [1.82, 2.24) is 10.2 Å². The molecule has 0 aromatic heterocycles. The van der Waals surface area contributed by atoms with E-state index in [0.717, 1.165) is 38.5 Å². The normalized spacial score (nSPS) is 31.8. The van der Waals surface area contributed by atoms with E-state index in [-0.39, 0.29) is 41.2 Å². The maximum absolute atomic E-state index is 12.8. The quantitative estimate of drug-likeness (QED) is 0.737. The lowest BCUT2D eigenvalue weighted by atomic mass is 9.80. The van der Waals surface area contributed by atoms with Crippen molar-refractivity contribution in [2.75, 3.05) is 18.6 Å². The van der Waals surface area contributed by atoms with Crippen molar-refractivity contribution in [2.45, 2.75) is 82.7 Å². The Morgan fingerprint density at radius 1 is 0.852 bits per heavy atom. The summed E-state index contributed by atoms with van der Waals surface area (Å²) in [7, 11) is -1.25. The number of nitrogens with zero attached hydrogens (tertiary/aromatic N) is 1. The van der Waals surface area contributed by atoms with E-state index in [4.69, 9.17) is 0 Å². The molecular formula is C20H34N2O4S. The van der Waals surface area contributed by atoms with E-state index >= 15 is 0 Å². The molecule has 1 unspecified atom stereocenters. The van der Waals surface area contributed by atoms with Gasteiger partial charge in [0.2, 0.25) is 11.8 Å². The lowest BCUT2D eigenvalue weighted by Gasteiger charge is -2.32. The second-order valence-electron chi connectivity index (χ2n) is 8.75. The zero-order valence-corrected chi connectivity index (χ0v) is 17.3. The van der Waals surface area contributed by atoms with E-state index in [1.807, 2.05) is 0 Å². The summed E-state index contributed by atoms with van der Waals surface area (Å²) >= 11 is 0. The lowest BCUT2D eigenvalue weighted by Crippen LogP contribution is -2.44. The molecule has 2 amide bonds. The molecule has 0 aromatic carbocycles. The van der Waals surface area contributed by atoms with E-state index in [0.29, 0.717) is 12.5 Å². The van der Waals surface area contributed by atoms with Gasteiger partial charge in [-0.1, -0.05) is 25.7 Å². The SMILES string of the molecule is CN(C(=O)C1CCC(C(=O)NC2CCCCCC2)CC1)C1CCS(=O)(=O)C1. The fraction of sp³-hybridized carbons (Fsp3) is 0.900. The molecule has 6 nitrogen and oxygen atoms in total. The molecule has 7 heteroatoms. The van der Waals surface area contributed by atoms with Crippen LogP contribution in [0.4, 0.5) is 0 Å². The molecule has 0 bridgehead atoms. The van der Waals surface area contributed by atoms with Crippen molar-refractivity contribution < 1.29 is 18.0 Å². The molecule has 154 valence electrons. The highest BCUT2D eigenvalue weighted by molar-refractivity contribution is 7.91. The zero-order valence-electron chi connectivity index (χ0n) is 16.5. The number of hydrogen-bond acceptors (Lipinski definition) is 4. The van der Waals surface area contributed by atoms with Crippen LogP contribution >= 0.6 is 0 Å². The molecular weight excluding hydrogens is 364 g/mol. The van der Waals surface area contributed by atoms with Gasteiger partial charge in [0, 0.05) is 31.0 Å². The topological polar surface area (TPSA) is 83.6 Å². The Balaban J connectivity index is 1.45. The van der Waals surface area contributed by atoms with Gasteiger partial charge in [0.05, 0.1) is 11.5 Å². The van der Waals surface area contributed by atoms with Gasteiger partial charge in [-0.25, -0.2) is 8.42 Å². The Hall–Kier alpha value is -1.11. The minimum atomic E-state index is -2.99. The second-order valence-corrected chi connectivity index (χ2v) is 11.0.